The van der Waals surface area contributed by atoms with Crippen molar-refractivity contribution < 1.29 is 27.2 Å². The molecule has 0 spiro atoms. The van der Waals surface area contributed by atoms with E-state index in [1.54, 1.807) is 9.47 Å². The van der Waals surface area contributed by atoms with E-state index < -0.39 is 11.8 Å². The molecule has 0 aromatic heterocycles. The zero-order valence-electron chi connectivity index (χ0n) is 14.7. The standard InChI is InChI=1S/C17H28F3O3P/c1-9(15(21)22-4)5-13-10(2)11-6-12(14(13)7-11)8-16(3,23-24)17(18,19)20/h9-14H,5-8,24H2,1-4H3. The minimum absolute atomic E-state index is 0.00628. The largest absolute Gasteiger partial charge is 0.469 e. The highest BCUT2D eigenvalue weighted by Gasteiger charge is 2.57. The number of rotatable bonds is 6. The van der Waals surface area contributed by atoms with E-state index in [0.717, 1.165) is 19.8 Å². The summed E-state index contributed by atoms with van der Waals surface area (Å²) in [5, 5.41) is 0. The Bertz CT molecular complexity index is 470. The molecule has 0 heterocycles. The lowest BCUT2D eigenvalue weighted by molar-refractivity contribution is -0.245. The van der Waals surface area contributed by atoms with Gasteiger partial charge in [-0.25, -0.2) is 0 Å². The van der Waals surface area contributed by atoms with Gasteiger partial charge in [0.2, 0.25) is 0 Å². The number of ether oxygens (including phenoxy) is 1. The maximum atomic E-state index is 13.3. The molecular weight excluding hydrogens is 340 g/mol. The highest BCUT2D eigenvalue weighted by atomic mass is 31.0. The Morgan fingerprint density at radius 1 is 1.33 bits per heavy atom. The van der Waals surface area contributed by atoms with E-state index in [4.69, 9.17) is 9.26 Å². The third-order valence-corrected chi connectivity index (χ3v) is 7.02. The number of fused-ring (bicyclic) bond motifs is 2. The average molecular weight is 368 g/mol. The zero-order chi connectivity index (χ0) is 18.3. The van der Waals surface area contributed by atoms with E-state index >= 15 is 0 Å². The summed E-state index contributed by atoms with van der Waals surface area (Å²) in [4.78, 5) is 11.7. The van der Waals surface area contributed by atoms with Crippen LogP contribution in [-0.2, 0) is 14.1 Å². The van der Waals surface area contributed by atoms with E-state index in [1.807, 2.05) is 6.92 Å². The zero-order valence-corrected chi connectivity index (χ0v) is 15.9. The lowest BCUT2D eigenvalue weighted by Crippen LogP contribution is -2.45. The minimum atomic E-state index is -4.39. The first-order valence-electron chi connectivity index (χ1n) is 8.56. The maximum Gasteiger partial charge on any atom is 0.417 e. The lowest BCUT2D eigenvalue weighted by Gasteiger charge is -2.40. The molecule has 140 valence electrons. The summed E-state index contributed by atoms with van der Waals surface area (Å²) in [6, 6.07) is 0. The second-order valence-corrected chi connectivity index (χ2v) is 8.12. The normalized spacial score (nSPS) is 36.4. The Labute approximate surface area is 144 Å². The van der Waals surface area contributed by atoms with Crippen LogP contribution in [0.4, 0.5) is 13.2 Å². The molecule has 2 aliphatic carbocycles. The van der Waals surface area contributed by atoms with Crippen LogP contribution in [0.25, 0.3) is 0 Å². The number of carbonyl (C=O) groups excluding carboxylic acids is 1. The molecular formula is C17H28F3O3P. The maximum absolute atomic E-state index is 13.3. The molecule has 0 saturated heterocycles. The van der Waals surface area contributed by atoms with Crippen LogP contribution in [-0.4, -0.2) is 24.9 Å². The molecule has 3 nitrogen and oxygen atoms in total. The van der Waals surface area contributed by atoms with Crippen molar-refractivity contribution in [1.29, 1.82) is 0 Å². The first-order chi connectivity index (χ1) is 11.0. The molecule has 2 saturated carbocycles. The van der Waals surface area contributed by atoms with Gasteiger partial charge in [-0.1, -0.05) is 13.8 Å². The fraction of sp³-hybridized carbons (Fsp3) is 0.941. The van der Waals surface area contributed by atoms with Gasteiger partial charge >= 0.3 is 12.1 Å². The van der Waals surface area contributed by atoms with Gasteiger partial charge < -0.3 is 9.26 Å². The van der Waals surface area contributed by atoms with Gasteiger partial charge in [0, 0.05) is 9.47 Å². The quantitative estimate of drug-likeness (QED) is 0.507. The van der Waals surface area contributed by atoms with E-state index in [2.05, 4.69) is 6.92 Å². The van der Waals surface area contributed by atoms with Crippen LogP contribution in [0.5, 0.6) is 0 Å². The van der Waals surface area contributed by atoms with Gasteiger partial charge in [-0.15, -0.1) is 0 Å². The van der Waals surface area contributed by atoms with Crippen molar-refractivity contribution in [3.63, 3.8) is 0 Å². The molecule has 2 bridgehead atoms. The molecule has 7 heteroatoms. The van der Waals surface area contributed by atoms with Gasteiger partial charge in [-0.05, 0) is 62.2 Å². The number of esters is 1. The predicted octanol–water partition coefficient (Wildman–Crippen LogP) is 4.61. The average Bonchev–Trinajstić information content (AvgIpc) is 3.04. The number of hydrogen-bond donors (Lipinski definition) is 0. The molecule has 0 aromatic rings. The van der Waals surface area contributed by atoms with Gasteiger partial charge in [0.25, 0.3) is 0 Å². The van der Waals surface area contributed by atoms with Gasteiger partial charge in [0.1, 0.15) is 0 Å². The molecule has 8 unspecified atom stereocenters. The van der Waals surface area contributed by atoms with Crippen LogP contribution in [0.3, 0.4) is 0 Å². The number of halogens is 3. The smallest absolute Gasteiger partial charge is 0.417 e. The predicted molar refractivity (Wildman–Crippen MR) is 88.0 cm³/mol. The number of methoxy groups -OCH3 is 1. The monoisotopic (exact) mass is 368 g/mol. The second kappa shape index (κ2) is 7.11. The fourth-order valence-electron chi connectivity index (χ4n) is 4.96. The SMILES string of the molecule is COC(=O)C(C)CC1C(C)C2CC(CC(C)(OP)C(F)(F)F)C1C2. The van der Waals surface area contributed by atoms with Crippen molar-refractivity contribution in [1.82, 2.24) is 0 Å². The fourth-order valence-corrected chi connectivity index (χ4v) is 5.19. The molecule has 24 heavy (non-hydrogen) atoms. The van der Waals surface area contributed by atoms with E-state index in [0.29, 0.717) is 18.3 Å². The molecule has 0 N–H and O–H groups in total. The third-order valence-electron chi connectivity index (χ3n) is 6.50. The van der Waals surface area contributed by atoms with E-state index in [-0.39, 0.29) is 36.1 Å². The molecule has 2 rings (SSSR count). The van der Waals surface area contributed by atoms with Crippen molar-refractivity contribution >= 4 is 15.4 Å². The number of hydrogen-bond acceptors (Lipinski definition) is 3. The van der Waals surface area contributed by atoms with Crippen LogP contribution in [0, 0.1) is 35.5 Å². The van der Waals surface area contributed by atoms with Crippen molar-refractivity contribution in [3.05, 3.63) is 0 Å². The lowest BCUT2D eigenvalue weighted by atomic mass is 9.69. The molecule has 0 aromatic carbocycles. The van der Waals surface area contributed by atoms with Crippen molar-refractivity contribution in [2.75, 3.05) is 7.11 Å². The summed E-state index contributed by atoms with van der Waals surface area (Å²) < 4.78 is 49.6. The Hall–Kier alpha value is -0.350. The summed E-state index contributed by atoms with van der Waals surface area (Å²) in [5.74, 6) is 0.964. The molecule has 8 atom stereocenters. The van der Waals surface area contributed by atoms with E-state index in [9.17, 15) is 18.0 Å². The van der Waals surface area contributed by atoms with Crippen molar-refractivity contribution in [2.24, 2.45) is 35.5 Å². The first kappa shape index (κ1) is 20.0. The van der Waals surface area contributed by atoms with Crippen molar-refractivity contribution in [3.8, 4) is 0 Å². The highest BCUT2D eigenvalue weighted by Crippen LogP contribution is 2.59. The second-order valence-electron chi connectivity index (χ2n) is 7.89. The van der Waals surface area contributed by atoms with Crippen molar-refractivity contribution in [2.45, 2.75) is 58.2 Å². The van der Waals surface area contributed by atoms with Gasteiger partial charge in [-0.2, -0.15) is 13.2 Å². The first-order valence-corrected chi connectivity index (χ1v) is 9.03. The Morgan fingerprint density at radius 3 is 2.42 bits per heavy atom. The minimum Gasteiger partial charge on any atom is -0.469 e. The van der Waals surface area contributed by atoms with Crippen LogP contribution in [0.1, 0.15) is 46.5 Å². The molecule has 2 aliphatic rings. The Morgan fingerprint density at radius 2 is 1.96 bits per heavy atom. The van der Waals surface area contributed by atoms with Crippen LogP contribution in [0.15, 0.2) is 0 Å². The van der Waals surface area contributed by atoms with Gasteiger partial charge in [0.15, 0.2) is 5.60 Å². The summed E-state index contributed by atoms with van der Waals surface area (Å²) >= 11 is 0. The third kappa shape index (κ3) is 3.60. The Kier molecular flexibility index (Phi) is 5.91. The topological polar surface area (TPSA) is 35.5 Å². The molecule has 0 radical (unpaired) electrons. The van der Waals surface area contributed by atoms with Gasteiger partial charge in [-0.3, -0.25) is 4.79 Å². The van der Waals surface area contributed by atoms with Crippen LogP contribution < -0.4 is 0 Å². The molecule has 0 aliphatic heterocycles. The van der Waals surface area contributed by atoms with Crippen LogP contribution in [0.2, 0.25) is 0 Å². The number of alkyl halides is 3. The summed E-state index contributed by atoms with van der Waals surface area (Å²) in [7, 11) is 3.15. The molecule has 0 amide bonds. The summed E-state index contributed by atoms with van der Waals surface area (Å²) in [5.41, 5.74) is -2.13. The van der Waals surface area contributed by atoms with Gasteiger partial charge in [0.05, 0.1) is 13.0 Å². The Balaban J connectivity index is 2.09. The molecule has 2 fully saturated rings. The summed E-state index contributed by atoms with van der Waals surface area (Å²) in [6.07, 6.45) is -1.92. The highest BCUT2D eigenvalue weighted by molar-refractivity contribution is 7.09. The van der Waals surface area contributed by atoms with E-state index in [1.165, 1.54) is 7.11 Å². The van der Waals surface area contributed by atoms with Crippen LogP contribution >= 0.6 is 9.47 Å². The summed E-state index contributed by atoms with van der Waals surface area (Å²) in [6.45, 7) is 5.14. The number of carbonyl (C=O) groups is 1.